The lowest BCUT2D eigenvalue weighted by Gasteiger charge is -2.36. The summed E-state index contributed by atoms with van der Waals surface area (Å²) in [5, 5.41) is 2.36. The second kappa shape index (κ2) is 13.0. The predicted octanol–water partition coefficient (Wildman–Crippen LogP) is 5.12. The number of fused-ring (bicyclic) bond motifs is 1. The zero-order valence-electron chi connectivity index (χ0n) is 23.0. The fourth-order valence-corrected chi connectivity index (χ4v) is 5.01. The molecule has 39 heavy (non-hydrogen) atoms. The number of carbonyl (C=O) groups is 2. The lowest BCUT2D eigenvalue weighted by atomic mass is 10.1. The maximum absolute atomic E-state index is 13.6. The van der Waals surface area contributed by atoms with Crippen LogP contribution in [0.4, 0.5) is 10.5 Å². The highest BCUT2D eigenvalue weighted by Gasteiger charge is 2.28. The summed E-state index contributed by atoms with van der Waals surface area (Å²) in [5.41, 5.74) is 2.21. The van der Waals surface area contributed by atoms with E-state index in [9.17, 15) is 9.59 Å². The highest BCUT2D eigenvalue weighted by atomic mass is 35.5. The number of ether oxygens (including phenoxy) is 2. The third-order valence-corrected chi connectivity index (χ3v) is 7.15. The van der Waals surface area contributed by atoms with E-state index < -0.39 is 0 Å². The van der Waals surface area contributed by atoms with Crippen molar-refractivity contribution in [1.29, 1.82) is 0 Å². The molecule has 3 heterocycles. The summed E-state index contributed by atoms with van der Waals surface area (Å²) < 4.78 is 13.2. The van der Waals surface area contributed by atoms with Gasteiger partial charge in [-0.25, -0.2) is 14.8 Å². The third-order valence-electron chi connectivity index (χ3n) is 6.86. The molecule has 0 radical (unpaired) electrons. The molecule has 0 spiro atoms. The van der Waals surface area contributed by atoms with E-state index in [1.54, 1.807) is 36.0 Å². The van der Waals surface area contributed by atoms with Crippen molar-refractivity contribution in [1.82, 2.24) is 19.5 Å². The van der Waals surface area contributed by atoms with Gasteiger partial charge in [0.1, 0.15) is 12.2 Å². The molecule has 0 aliphatic carbocycles. The number of anilines is 1. The summed E-state index contributed by atoms with van der Waals surface area (Å²) in [6.45, 7) is 4.36. The van der Waals surface area contributed by atoms with Crippen LogP contribution in [0.25, 0.3) is 11.0 Å². The van der Waals surface area contributed by atoms with Crippen molar-refractivity contribution in [2.45, 2.75) is 45.7 Å². The van der Waals surface area contributed by atoms with Crippen LogP contribution in [-0.2, 0) is 22.7 Å². The number of hydroxylamine groups is 2. The fraction of sp³-hybridized carbons (Fsp3) is 0.464. The van der Waals surface area contributed by atoms with E-state index in [4.69, 9.17) is 25.9 Å². The maximum atomic E-state index is 13.6. The molecule has 3 aromatic rings. The van der Waals surface area contributed by atoms with E-state index in [1.807, 2.05) is 29.2 Å². The Morgan fingerprint density at radius 1 is 1.15 bits per heavy atom. The van der Waals surface area contributed by atoms with Gasteiger partial charge in [0, 0.05) is 56.2 Å². The minimum Gasteiger partial charge on any atom is -0.493 e. The van der Waals surface area contributed by atoms with Crippen LogP contribution in [0.2, 0.25) is 5.02 Å². The molecule has 1 aromatic carbocycles. The zero-order chi connectivity index (χ0) is 27.9. The maximum Gasteiger partial charge on any atom is 0.324 e. The first-order chi connectivity index (χ1) is 18.9. The standard InChI is InChI=1S/C28H36ClN5O5/c1-5-6-7-15-39-24-16-21(9-10-23(24)37-3)34-14-8-13-32(28(34)36)17-20-11-12-30-27-26(20)22(29)18-33(27)19-25(35)31(2)38-4/h9-12,16,18H,5-8,13-15,17,19H2,1-4H3. The zero-order valence-corrected chi connectivity index (χ0v) is 23.7. The van der Waals surface area contributed by atoms with Gasteiger partial charge in [0.25, 0.3) is 5.91 Å². The molecule has 1 saturated heterocycles. The van der Waals surface area contributed by atoms with E-state index in [0.717, 1.165) is 47.4 Å². The number of methoxy groups -OCH3 is 1. The molecule has 1 fully saturated rings. The molecular weight excluding hydrogens is 522 g/mol. The summed E-state index contributed by atoms with van der Waals surface area (Å²) in [7, 11) is 4.59. The Morgan fingerprint density at radius 2 is 1.97 bits per heavy atom. The average Bonchev–Trinajstić information content (AvgIpc) is 3.27. The molecule has 0 saturated carbocycles. The molecule has 0 atom stereocenters. The smallest absolute Gasteiger partial charge is 0.324 e. The molecule has 0 bridgehead atoms. The summed E-state index contributed by atoms with van der Waals surface area (Å²) in [6, 6.07) is 7.37. The summed E-state index contributed by atoms with van der Waals surface area (Å²) >= 11 is 6.61. The molecule has 10 nitrogen and oxygen atoms in total. The largest absolute Gasteiger partial charge is 0.493 e. The quantitative estimate of drug-likeness (QED) is 0.227. The van der Waals surface area contributed by atoms with Crippen molar-refractivity contribution < 1.29 is 23.9 Å². The number of unbranched alkanes of at least 4 members (excludes halogenated alkanes) is 2. The summed E-state index contributed by atoms with van der Waals surface area (Å²) in [4.78, 5) is 39.1. The lowest BCUT2D eigenvalue weighted by molar-refractivity contribution is -0.169. The Balaban J connectivity index is 1.54. The minimum absolute atomic E-state index is 0.0285. The van der Waals surface area contributed by atoms with Gasteiger partial charge in [-0.2, -0.15) is 0 Å². The van der Waals surface area contributed by atoms with Crippen LogP contribution in [0, 0.1) is 0 Å². The number of carbonyl (C=O) groups excluding carboxylic acids is 2. The van der Waals surface area contributed by atoms with Crippen molar-refractivity contribution in [2.75, 3.05) is 45.9 Å². The van der Waals surface area contributed by atoms with Crippen LogP contribution in [0.3, 0.4) is 0 Å². The molecule has 0 unspecified atom stereocenters. The van der Waals surface area contributed by atoms with E-state index in [-0.39, 0.29) is 18.5 Å². The molecule has 3 amide bonds. The van der Waals surface area contributed by atoms with Crippen LogP contribution in [0.1, 0.15) is 38.2 Å². The van der Waals surface area contributed by atoms with Gasteiger partial charge in [-0.3, -0.25) is 14.5 Å². The second-order valence-corrected chi connectivity index (χ2v) is 9.85. The molecular formula is C28H36ClN5O5. The first kappa shape index (κ1) is 28.5. The Bertz CT molecular complexity index is 1310. The molecule has 0 N–H and O–H groups in total. The average molecular weight is 558 g/mol. The Morgan fingerprint density at radius 3 is 2.72 bits per heavy atom. The number of aromatic nitrogens is 2. The molecule has 1 aliphatic heterocycles. The van der Waals surface area contributed by atoms with Crippen molar-refractivity contribution in [3.05, 3.63) is 47.2 Å². The normalized spacial score (nSPS) is 13.7. The monoisotopic (exact) mass is 557 g/mol. The van der Waals surface area contributed by atoms with Gasteiger partial charge < -0.3 is 18.9 Å². The predicted molar refractivity (Wildman–Crippen MR) is 150 cm³/mol. The van der Waals surface area contributed by atoms with Gasteiger partial charge >= 0.3 is 6.03 Å². The van der Waals surface area contributed by atoms with Crippen LogP contribution >= 0.6 is 11.6 Å². The highest BCUT2D eigenvalue weighted by molar-refractivity contribution is 6.35. The third kappa shape index (κ3) is 6.39. The number of rotatable bonds is 12. The number of amides is 3. The van der Waals surface area contributed by atoms with E-state index >= 15 is 0 Å². The van der Waals surface area contributed by atoms with Gasteiger partial charge in [0.15, 0.2) is 11.5 Å². The molecule has 210 valence electrons. The summed E-state index contributed by atoms with van der Waals surface area (Å²) in [5.74, 6) is 1.03. The summed E-state index contributed by atoms with van der Waals surface area (Å²) in [6.07, 6.45) is 7.34. The van der Waals surface area contributed by atoms with Gasteiger partial charge in [-0.15, -0.1) is 0 Å². The van der Waals surface area contributed by atoms with Gasteiger partial charge in [0.2, 0.25) is 0 Å². The molecule has 11 heteroatoms. The van der Waals surface area contributed by atoms with Crippen molar-refractivity contribution in [2.24, 2.45) is 0 Å². The second-order valence-electron chi connectivity index (χ2n) is 9.45. The van der Waals surface area contributed by atoms with E-state index in [2.05, 4.69) is 11.9 Å². The van der Waals surface area contributed by atoms with Crippen molar-refractivity contribution in [3.63, 3.8) is 0 Å². The Kier molecular flexibility index (Phi) is 9.53. The number of pyridine rings is 1. The number of halogens is 1. The van der Waals surface area contributed by atoms with E-state index in [0.29, 0.717) is 48.4 Å². The van der Waals surface area contributed by atoms with Crippen LogP contribution < -0.4 is 14.4 Å². The Labute approximate surface area is 233 Å². The van der Waals surface area contributed by atoms with Gasteiger partial charge in [-0.1, -0.05) is 31.4 Å². The number of benzene rings is 1. The van der Waals surface area contributed by atoms with Crippen molar-refractivity contribution >= 4 is 40.3 Å². The SMILES string of the molecule is CCCCCOc1cc(N2CCCN(Cc3ccnc4c3c(Cl)cn4CC(=O)N(C)OC)C2=O)ccc1OC. The molecule has 1 aliphatic rings. The molecule has 2 aromatic heterocycles. The highest BCUT2D eigenvalue weighted by Crippen LogP contribution is 2.34. The van der Waals surface area contributed by atoms with E-state index in [1.165, 1.54) is 7.11 Å². The number of urea groups is 1. The van der Waals surface area contributed by atoms with Crippen molar-refractivity contribution in [3.8, 4) is 11.5 Å². The van der Waals surface area contributed by atoms with Gasteiger partial charge in [-0.05, 0) is 36.6 Å². The first-order valence-electron chi connectivity index (χ1n) is 13.2. The molecule has 4 rings (SSSR count). The number of hydrogen-bond acceptors (Lipinski definition) is 6. The first-order valence-corrected chi connectivity index (χ1v) is 13.6. The Hall–Kier alpha value is -3.50. The van der Waals surface area contributed by atoms with Crippen LogP contribution in [0.5, 0.6) is 11.5 Å². The fourth-order valence-electron chi connectivity index (χ4n) is 4.68. The van der Waals surface area contributed by atoms with Gasteiger partial charge in [0.05, 0.1) is 25.8 Å². The lowest BCUT2D eigenvalue weighted by Crippen LogP contribution is -2.49. The van der Waals surface area contributed by atoms with Crippen LogP contribution in [0.15, 0.2) is 36.7 Å². The number of hydrogen-bond donors (Lipinski definition) is 0. The minimum atomic E-state index is -0.242. The van der Waals surface area contributed by atoms with Crippen LogP contribution in [-0.4, -0.2) is 72.4 Å². The number of likely N-dealkylation sites (N-methyl/N-ethyl adjacent to an activating group) is 1. The number of nitrogens with zero attached hydrogens (tertiary/aromatic N) is 5. The topological polar surface area (TPSA) is 89.4 Å².